The summed E-state index contributed by atoms with van der Waals surface area (Å²) in [5.74, 6) is 0.426. The third-order valence-electron chi connectivity index (χ3n) is 3.64. The van der Waals surface area contributed by atoms with Gasteiger partial charge in [0.1, 0.15) is 0 Å². The van der Waals surface area contributed by atoms with E-state index in [1.165, 1.54) is 5.56 Å². The van der Waals surface area contributed by atoms with Crippen LogP contribution in [0.25, 0.3) is 0 Å². The van der Waals surface area contributed by atoms with Crippen LogP contribution in [0.3, 0.4) is 0 Å². The zero-order chi connectivity index (χ0) is 14.5. The molecule has 1 fully saturated rings. The van der Waals surface area contributed by atoms with Crippen molar-refractivity contribution in [3.05, 3.63) is 34.3 Å². The molecule has 0 aromatic heterocycles. The van der Waals surface area contributed by atoms with Gasteiger partial charge in [-0.2, -0.15) is 0 Å². The number of urea groups is 1. The SMILES string of the molecule is CCC(O)CCNC(=O)NC1CC1c1ccc(Br)cc1. The maximum absolute atomic E-state index is 11.7. The van der Waals surface area contributed by atoms with Gasteiger partial charge in [-0.15, -0.1) is 0 Å². The van der Waals surface area contributed by atoms with Crippen molar-refractivity contribution in [1.29, 1.82) is 0 Å². The molecule has 3 N–H and O–H groups in total. The molecule has 1 aliphatic rings. The molecule has 1 saturated carbocycles. The van der Waals surface area contributed by atoms with Crippen molar-refractivity contribution < 1.29 is 9.90 Å². The summed E-state index contributed by atoms with van der Waals surface area (Å²) in [6.07, 6.45) is 1.99. The molecule has 1 aliphatic carbocycles. The minimum atomic E-state index is -0.327. The Hall–Kier alpha value is -1.07. The molecular formula is C15H21BrN2O2. The van der Waals surface area contributed by atoms with E-state index in [4.69, 9.17) is 0 Å². The average molecular weight is 341 g/mol. The number of aliphatic hydroxyl groups excluding tert-OH is 1. The largest absolute Gasteiger partial charge is 0.393 e. The number of carbonyl (C=O) groups excluding carboxylic acids is 1. The van der Waals surface area contributed by atoms with Crippen molar-refractivity contribution in [2.45, 2.75) is 44.2 Å². The van der Waals surface area contributed by atoms with Crippen LogP contribution in [0.5, 0.6) is 0 Å². The monoisotopic (exact) mass is 340 g/mol. The minimum Gasteiger partial charge on any atom is -0.393 e. The van der Waals surface area contributed by atoms with E-state index in [9.17, 15) is 9.90 Å². The molecule has 0 heterocycles. The number of amides is 2. The van der Waals surface area contributed by atoms with Crippen molar-refractivity contribution in [1.82, 2.24) is 10.6 Å². The standard InChI is InChI=1S/C15H21BrN2O2/c1-2-12(19)7-8-17-15(20)18-14-9-13(14)10-3-5-11(16)6-4-10/h3-6,12-14,19H,2,7-9H2,1H3,(H2,17,18,20). The van der Waals surface area contributed by atoms with Crippen molar-refractivity contribution in [2.75, 3.05) is 6.54 Å². The molecule has 2 amide bonds. The topological polar surface area (TPSA) is 61.4 Å². The number of hydrogen-bond acceptors (Lipinski definition) is 2. The molecule has 0 saturated heterocycles. The van der Waals surface area contributed by atoms with Gasteiger partial charge in [0.25, 0.3) is 0 Å². The van der Waals surface area contributed by atoms with E-state index in [0.717, 1.165) is 17.3 Å². The van der Waals surface area contributed by atoms with Gasteiger partial charge in [0.2, 0.25) is 0 Å². The molecule has 0 spiro atoms. The predicted molar refractivity (Wildman–Crippen MR) is 82.7 cm³/mol. The van der Waals surface area contributed by atoms with Crippen LogP contribution in [0.1, 0.15) is 37.7 Å². The first kappa shape index (κ1) is 15.3. The second-order valence-electron chi connectivity index (χ2n) is 5.25. The van der Waals surface area contributed by atoms with E-state index in [0.29, 0.717) is 18.9 Å². The molecular weight excluding hydrogens is 320 g/mol. The fourth-order valence-corrected chi connectivity index (χ4v) is 2.47. The molecule has 1 aromatic carbocycles. The van der Waals surface area contributed by atoms with Gasteiger partial charge in [-0.05, 0) is 37.0 Å². The van der Waals surface area contributed by atoms with Crippen LogP contribution >= 0.6 is 15.9 Å². The molecule has 20 heavy (non-hydrogen) atoms. The maximum Gasteiger partial charge on any atom is 0.315 e. The summed E-state index contributed by atoms with van der Waals surface area (Å²) in [7, 11) is 0. The fraction of sp³-hybridized carbons (Fsp3) is 0.533. The Labute approximate surface area is 128 Å². The van der Waals surface area contributed by atoms with Crippen molar-refractivity contribution in [3.8, 4) is 0 Å². The zero-order valence-corrected chi connectivity index (χ0v) is 13.2. The third kappa shape index (κ3) is 4.49. The Balaban J connectivity index is 1.68. The van der Waals surface area contributed by atoms with Gasteiger partial charge in [0.15, 0.2) is 0 Å². The highest BCUT2D eigenvalue weighted by Crippen LogP contribution is 2.40. The highest BCUT2D eigenvalue weighted by molar-refractivity contribution is 9.10. The first-order chi connectivity index (χ1) is 9.60. The lowest BCUT2D eigenvalue weighted by molar-refractivity contribution is 0.160. The number of carbonyl (C=O) groups is 1. The Morgan fingerprint density at radius 3 is 2.80 bits per heavy atom. The van der Waals surface area contributed by atoms with E-state index in [1.807, 2.05) is 19.1 Å². The zero-order valence-electron chi connectivity index (χ0n) is 11.6. The van der Waals surface area contributed by atoms with E-state index in [-0.39, 0.29) is 18.2 Å². The first-order valence-electron chi connectivity index (χ1n) is 7.08. The molecule has 3 atom stereocenters. The molecule has 110 valence electrons. The van der Waals surface area contributed by atoms with E-state index in [1.54, 1.807) is 0 Å². The fourth-order valence-electron chi connectivity index (χ4n) is 2.21. The smallest absolute Gasteiger partial charge is 0.315 e. The van der Waals surface area contributed by atoms with E-state index >= 15 is 0 Å². The third-order valence-corrected chi connectivity index (χ3v) is 4.17. The summed E-state index contributed by atoms with van der Waals surface area (Å²) in [4.78, 5) is 11.7. The van der Waals surface area contributed by atoms with Gasteiger partial charge in [-0.1, -0.05) is 35.0 Å². The lowest BCUT2D eigenvalue weighted by Gasteiger charge is -2.10. The molecule has 4 nitrogen and oxygen atoms in total. The minimum absolute atomic E-state index is 0.141. The highest BCUT2D eigenvalue weighted by Gasteiger charge is 2.39. The average Bonchev–Trinajstić information content (AvgIpc) is 3.18. The van der Waals surface area contributed by atoms with Gasteiger partial charge in [0, 0.05) is 23.0 Å². The van der Waals surface area contributed by atoms with Crippen molar-refractivity contribution in [3.63, 3.8) is 0 Å². The lowest BCUT2D eigenvalue weighted by Crippen LogP contribution is -2.38. The van der Waals surface area contributed by atoms with Crippen LogP contribution in [-0.2, 0) is 0 Å². The van der Waals surface area contributed by atoms with Crippen LogP contribution in [0.4, 0.5) is 4.79 Å². The quantitative estimate of drug-likeness (QED) is 0.745. The highest BCUT2D eigenvalue weighted by atomic mass is 79.9. The van der Waals surface area contributed by atoms with Crippen LogP contribution in [-0.4, -0.2) is 29.8 Å². The van der Waals surface area contributed by atoms with Crippen molar-refractivity contribution in [2.24, 2.45) is 0 Å². The van der Waals surface area contributed by atoms with Crippen LogP contribution in [0.2, 0.25) is 0 Å². The number of rotatable bonds is 6. The number of nitrogens with one attached hydrogen (secondary N) is 2. The van der Waals surface area contributed by atoms with E-state index < -0.39 is 0 Å². The summed E-state index contributed by atoms with van der Waals surface area (Å²) in [6, 6.07) is 8.32. The predicted octanol–water partition coefficient (Wildman–Crippen LogP) is 2.77. The number of benzene rings is 1. The molecule has 0 bridgehead atoms. The first-order valence-corrected chi connectivity index (χ1v) is 7.87. The normalized spacial score (nSPS) is 22.1. The molecule has 1 aromatic rings. The number of hydrogen-bond donors (Lipinski definition) is 3. The molecule has 0 radical (unpaired) electrons. The van der Waals surface area contributed by atoms with Crippen LogP contribution in [0.15, 0.2) is 28.7 Å². The Morgan fingerprint density at radius 2 is 2.15 bits per heavy atom. The molecule has 0 aliphatic heterocycles. The van der Waals surface area contributed by atoms with Gasteiger partial charge in [0.05, 0.1) is 6.10 Å². The second kappa shape index (κ2) is 7.09. The van der Waals surface area contributed by atoms with Gasteiger partial charge < -0.3 is 15.7 Å². The summed E-state index contributed by atoms with van der Waals surface area (Å²) in [5.41, 5.74) is 1.26. The summed E-state index contributed by atoms with van der Waals surface area (Å²) >= 11 is 3.42. The number of aliphatic hydroxyl groups is 1. The summed E-state index contributed by atoms with van der Waals surface area (Å²) in [5, 5.41) is 15.2. The van der Waals surface area contributed by atoms with E-state index in [2.05, 4.69) is 38.7 Å². The van der Waals surface area contributed by atoms with Crippen LogP contribution < -0.4 is 10.6 Å². The Morgan fingerprint density at radius 1 is 1.45 bits per heavy atom. The van der Waals surface area contributed by atoms with Gasteiger partial charge in [-0.25, -0.2) is 4.79 Å². The Bertz CT molecular complexity index is 450. The second-order valence-corrected chi connectivity index (χ2v) is 6.17. The van der Waals surface area contributed by atoms with Gasteiger partial charge >= 0.3 is 6.03 Å². The summed E-state index contributed by atoms with van der Waals surface area (Å²) < 4.78 is 1.07. The Kier molecular flexibility index (Phi) is 5.43. The van der Waals surface area contributed by atoms with Crippen LogP contribution in [0, 0.1) is 0 Å². The molecule has 2 rings (SSSR count). The number of halogens is 1. The lowest BCUT2D eigenvalue weighted by atomic mass is 10.1. The molecule has 3 unspecified atom stereocenters. The maximum atomic E-state index is 11.7. The van der Waals surface area contributed by atoms with Crippen molar-refractivity contribution >= 4 is 22.0 Å². The molecule has 5 heteroatoms. The van der Waals surface area contributed by atoms with Gasteiger partial charge in [-0.3, -0.25) is 0 Å². The summed E-state index contributed by atoms with van der Waals surface area (Å²) in [6.45, 7) is 2.44.